The Morgan fingerprint density at radius 2 is 1.85 bits per heavy atom. The number of benzene rings is 2. The van der Waals surface area contributed by atoms with E-state index in [4.69, 9.17) is 4.74 Å². The van der Waals surface area contributed by atoms with Crippen molar-refractivity contribution >= 4 is 39.3 Å². The molecule has 1 unspecified atom stereocenters. The molecular formula is C21H20BrNO4. The molecule has 2 aromatic carbocycles. The highest BCUT2D eigenvalue weighted by molar-refractivity contribution is 9.10. The second kappa shape index (κ2) is 8.05. The maximum absolute atomic E-state index is 12.4. The molecule has 0 aromatic heterocycles. The first-order valence-electron chi connectivity index (χ1n) is 8.68. The number of anilines is 1. The van der Waals surface area contributed by atoms with Crippen molar-refractivity contribution in [1.29, 1.82) is 0 Å². The average Bonchev–Trinajstić information content (AvgIpc) is 3.01. The van der Waals surface area contributed by atoms with Gasteiger partial charge >= 0.3 is 5.97 Å². The summed E-state index contributed by atoms with van der Waals surface area (Å²) in [5.41, 5.74) is 3.39. The molecule has 3 rings (SSSR count). The first-order chi connectivity index (χ1) is 12.8. The molecule has 1 heterocycles. The van der Waals surface area contributed by atoms with E-state index in [-0.39, 0.29) is 31.3 Å². The van der Waals surface area contributed by atoms with Crippen molar-refractivity contribution in [3.05, 3.63) is 63.6 Å². The molecule has 1 aliphatic rings. The van der Waals surface area contributed by atoms with Crippen molar-refractivity contribution in [1.82, 2.24) is 0 Å². The van der Waals surface area contributed by atoms with E-state index in [1.807, 2.05) is 32.0 Å². The molecule has 1 atom stereocenters. The molecule has 27 heavy (non-hydrogen) atoms. The van der Waals surface area contributed by atoms with E-state index >= 15 is 0 Å². The number of carbonyl (C=O) groups is 3. The molecular weight excluding hydrogens is 410 g/mol. The average molecular weight is 430 g/mol. The number of halogens is 1. The minimum Gasteiger partial charge on any atom is -0.457 e. The van der Waals surface area contributed by atoms with Gasteiger partial charge in [-0.2, -0.15) is 0 Å². The lowest BCUT2D eigenvalue weighted by molar-refractivity contribution is -0.147. The highest BCUT2D eigenvalue weighted by atomic mass is 79.9. The van der Waals surface area contributed by atoms with Crippen LogP contribution in [0.4, 0.5) is 5.69 Å². The van der Waals surface area contributed by atoms with E-state index in [2.05, 4.69) is 15.9 Å². The van der Waals surface area contributed by atoms with Crippen LogP contribution in [0.3, 0.4) is 0 Å². The largest absolute Gasteiger partial charge is 0.457 e. The standard InChI is InChI=1S/C21H20BrNO4/c1-13-3-8-18(14(2)9-13)23-11-16(10-20(23)25)21(26)27-12-19(24)15-4-6-17(22)7-5-15/h3-9,16H,10-12H2,1-2H3. The van der Waals surface area contributed by atoms with Crippen molar-refractivity contribution in [3.63, 3.8) is 0 Å². The fourth-order valence-electron chi connectivity index (χ4n) is 3.18. The fourth-order valence-corrected chi connectivity index (χ4v) is 3.44. The second-order valence-electron chi connectivity index (χ2n) is 6.73. The van der Waals surface area contributed by atoms with Crippen LogP contribution >= 0.6 is 15.9 Å². The molecule has 0 N–H and O–H groups in total. The summed E-state index contributed by atoms with van der Waals surface area (Å²) in [6.07, 6.45) is 0.0959. The summed E-state index contributed by atoms with van der Waals surface area (Å²) in [6, 6.07) is 12.7. The number of aryl methyl sites for hydroxylation is 2. The first-order valence-corrected chi connectivity index (χ1v) is 9.47. The molecule has 1 amide bonds. The van der Waals surface area contributed by atoms with Gasteiger partial charge in [0.05, 0.1) is 5.92 Å². The smallest absolute Gasteiger partial charge is 0.311 e. The zero-order valence-corrected chi connectivity index (χ0v) is 16.8. The first kappa shape index (κ1) is 19.3. The van der Waals surface area contributed by atoms with Crippen molar-refractivity contribution in [2.24, 2.45) is 5.92 Å². The van der Waals surface area contributed by atoms with Gasteiger partial charge < -0.3 is 9.64 Å². The Morgan fingerprint density at radius 3 is 2.52 bits per heavy atom. The molecule has 0 bridgehead atoms. The number of hydrogen-bond acceptors (Lipinski definition) is 4. The van der Waals surface area contributed by atoms with Crippen LogP contribution in [0.25, 0.3) is 0 Å². The third-order valence-corrected chi connectivity index (χ3v) is 5.14. The van der Waals surface area contributed by atoms with Crippen LogP contribution < -0.4 is 4.90 Å². The molecule has 1 fully saturated rings. The predicted octanol–water partition coefficient (Wildman–Crippen LogP) is 3.84. The molecule has 0 saturated carbocycles. The molecule has 5 nitrogen and oxygen atoms in total. The summed E-state index contributed by atoms with van der Waals surface area (Å²) in [5, 5.41) is 0. The number of ketones is 1. The van der Waals surface area contributed by atoms with Gasteiger partial charge in [0.2, 0.25) is 5.91 Å². The summed E-state index contributed by atoms with van der Waals surface area (Å²) in [4.78, 5) is 38.5. The Hall–Kier alpha value is -2.47. The van der Waals surface area contributed by atoms with Gasteiger partial charge in [-0.1, -0.05) is 45.8 Å². The molecule has 0 radical (unpaired) electrons. The minimum atomic E-state index is -0.559. The van der Waals surface area contributed by atoms with Crippen LogP contribution in [0.5, 0.6) is 0 Å². The SMILES string of the molecule is Cc1ccc(N2CC(C(=O)OCC(=O)c3ccc(Br)cc3)CC2=O)c(C)c1. The lowest BCUT2D eigenvalue weighted by Crippen LogP contribution is -2.27. The van der Waals surface area contributed by atoms with Crippen molar-refractivity contribution in [3.8, 4) is 0 Å². The third-order valence-electron chi connectivity index (χ3n) is 4.61. The Balaban J connectivity index is 1.60. The van der Waals surface area contributed by atoms with E-state index in [0.717, 1.165) is 21.3 Å². The summed E-state index contributed by atoms with van der Waals surface area (Å²) in [5.74, 6) is -1.45. The highest BCUT2D eigenvalue weighted by Gasteiger charge is 2.36. The van der Waals surface area contributed by atoms with Crippen molar-refractivity contribution in [2.75, 3.05) is 18.1 Å². The Labute approximate surface area is 166 Å². The van der Waals surface area contributed by atoms with Gasteiger partial charge in [-0.3, -0.25) is 14.4 Å². The lowest BCUT2D eigenvalue weighted by atomic mass is 10.1. The van der Waals surface area contributed by atoms with Crippen LogP contribution in [-0.4, -0.2) is 30.8 Å². The second-order valence-corrected chi connectivity index (χ2v) is 7.65. The zero-order valence-electron chi connectivity index (χ0n) is 15.2. The Kier molecular flexibility index (Phi) is 5.75. The van der Waals surface area contributed by atoms with E-state index in [1.165, 1.54) is 0 Å². The predicted molar refractivity (Wildman–Crippen MR) is 106 cm³/mol. The Bertz CT molecular complexity index is 892. The minimum absolute atomic E-state index is 0.0959. The molecule has 0 spiro atoms. The fraction of sp³-hybridized carbons (Fsp3) is 0.286. The van der Waals surface area contributed by atoms with Gasteiger partial charge in [0, 0.05) is 28.7 Å². The lowest BCUT2D eigenvalue weighted by Gasteiger charge is -2.19. The highest BCUT2D eigenvalue weighted by Crippen LogP contribution is 2.29. The van der Waals surface area contributed by atoms with E-state index in [1.54, 1.807) is 29.2 Å². The van der Waals surface area contributed by atoms with Crippen LogP contribution in [0.15, 0.2) is 46.9 Å². The maximum atomic E-state index is 12.4. The summed E-state index contributed by atoms with van der Waals surface area (Å²) in [6.45, 7) is 3.88. The number of rotatable bonds is 5. The maximum Gasteiger partial charge on any atom is 0.311 e. The quantitative estimate of drug-likeness (QED) is 0.534. The zero-order chi connectivity index (χ0) is 19.6. The third kappa shape index (κ3) is 4.45. The van der Waals surface area contributed by atoms with Gasteiger partial charge in [-0.25, -0.2) is 0 Å². The van der Waals surface area contributed by atoms with Crippen molar-refractivity contribution < 1.29 is 19.1 Å². The van der Waals surface area contributed by atoms with E-state index in [9.17, 15) is 14.4 Å². The van der Waals surface area contributed by atoms with Crippen LogP contribution in [0.2, 0.25) is 0 Å². The number of carbonyl (C=O) groups excluding carboxylic acids is 3. The number of amides is 1. The number of esters is 1. The topological polar surface area (TPSA) is 63.7 Å². The number of nitrogens with zero attached hydrogens (tertiary/aromatic N) is 1. The van der Waals surface area contributed by atoms with Gasteiger partial charge in [0.15, 0.2) is 12.4 Å². The van der Waals surface area contributed by atoms with Gasteiger partial charge in [0.1, 0.15) is 0 Å². The van der Waals surface area contributed by atoms with Gasteiger partial charge in [-0.05, 0) is 37.6 Å². The Morgan fingerprint density at radius 1 is 1.15 bits per heavy atom. The summed E-state index contributed by atoms with van der Waals surface area (Å²) in [7, 11) is 0. The molecule has 2 aromatic rings. The summed E-state index contributed by atoms with van der Waals surface area (Å²) >= 11 is 3.31. The van der Waals surface area contributed by atoms with E-state index in [0.29, 0.717) is 5.56 Å². The number of ether oxygens (including phenoxy) is 1. The summed E-state index contributed by atoms with van der Waals surface area (Å²) < 4.78 is 6.04. The molecule has 0 aliphatic carbocycles. The molecule has 1 aliphatic heterocycles. The van der Waals surface area contributed by atoms with Crippen LogP contribution in [0.1, 0.15) is 27.9 Å². The molecule has 6 heteroatoms. The molecule has 140 valence electrons. The van der Waals surface area contributed by atoms with E-state index < -0.39 is 11.9 Å². The molecule has 1 saturated heterocycles. The number of hydrogen-bond donors (Lipinski definition) is 0. The van der Waals surface area contributed by atoms with Gasteiger partial charge in [-0.15, -0.1) is 0 Å². The number of Topliss-reactive ketones (excluding diaryl/α,β-unsaturated/α-hetero) is 1. The van der Waals surface area contributed by atoms with Gasteiger partial charge in [0.25, 0.3) is 0 Å². The van der Waals surface area contributed by atoms with Crippen LogP contribution in [-0.2, 0) is 14.3 Å². The van der Waals surface area contributed by atoms with Crippen LogP contribution in [0, 0.1) is 19.8 Å². The van der Waals surface area contributed by atoms with Crippen molar-refractivity contribution in [2.45, 2.75) is 20.3 Å². The monoisotopic (exact) mass is 429 g/mol. The normalized spacial score (nSPS) is 16.5.